The molecule has 0 aromatic rings. The molecule has 84 valence electrons. The van der Waals surface area contributed by atoms with E-state index in [4.69, 9.17) is 4.74 Å². The lowest BCUT2D eigenvalue weighted by molar-refractivity contribution is -0.0324. The van der Waals surface area contributed by atoms with Gasteiger partial charge in [-0.1, -0.05) is 6.92 Å². The average Bonchev–Trinajstić information content (AvgIpc) is 2.19. The fraction of sp³-hybridized carbons (Fsp3) is 1.00. The Morgan fingerprint density at radius 1 is 1.43 bits per heavy atom. The van der Waals surface area contributed by atoms with Crippen LogP contribution in [-0.4, -0.2) is 49.3 Å². The first-order valence-corrected chi connectivity index (χ1v) is 5.74. The molecule has 0 aromatic carbocycles. The van der Waals surface area contributed by atoms with Gasteiger partial charge in [-0.3, -0.25) is 4.90 Å². The summed E-state index contributed by atoms with van der Waals surface area (Å²) in [6, 6.07) is 1.10. The number of hydrogen-bond acceptors (Lipinski definition) is 3. The lowest BCUT2D eigenvalue weighted by atomic mass is 10.1. The van der Waals surface area contributed by atoms with Crippen LogP contribution < -0.4 is 5.32 Å². The molecule has 1 N–H and O–H groups in total. The SMILES string of the molecule is CCN(C(C)C)C(C)C1CNCCO1. The molecule has 0 bridgehead atoms. The second-order valence-corrected chi connectivity index (χ2v) is 4.28. The van der Waals surface area contributed by atoms with Crippen molar-refractivity contribution >= 4 is 0 Å². The van der Waals surface area contributed by atoms with Gasteiger partial charge in [0.05, 0.1) is 12.7 Å². The third-order valence-corrected chi connectivity index (χ3v) is 3.05. The van der Waals surface area contributed by atoms with Gasteiger partial charge in [-0.05, 0) is 27.3 Å². The summed E-state index contributed by atoms with van der Waals surface area (Å²) in [5.74, 6) is 0. The Bertz CT molecular complexity index is 155. The molecule has 1 fully saturated rings. The molecule has 2 atom stereocenters. The van der Waals surface area contributed by atoms with E-state index in [1.54, 1.807) is 0 Å². The summed E-state index contributed by atoms with van der Waals surface area (Å²) >= 11 is 0. The van der Waals surface area contributed by atoms with E-state index in [1.165, 1.54) is 0 Å². The fourth-order valence-electron chi connectivity index (χ4n) is 2.23. The van der Waals surface area contributed by atoms with E-state index in [2.05, 4.69) is 37.9 Å². The molecule has 2 unspecified atom stereocenters. The van der Waals surface area contributed by atoms with Crippen molar-refractivity contribution in [3.05, 3.63) is 0 Å². The molecular formula is C11H24N2O. The van der Waals surface area contributed by atoms with E-state index >= 15 is 0 Å². The molecule has 0 amide bonds. The van der Waals surface area contributed by atoms with Gasteiger partial charge in [-0.2, -0.15) is 0 Å². The van der Waals surface area contributed by atoms with Gasteiger partial charge in [-0.25, -0.2) is 0 Å². The van der Waals surface area contributed by atoms with Crippen molar-refractivity contribution < 1.29 is 4.74 Å². The highest BCUT2D eigenvalue weighted by Gasteiger charge is 2.26. The summed E-state index contributed by atoms with van der Waals surface area (Å²) in [4.78, 5) is 2.48. The molecule has 0 spiro atoms. The summed E-state index contributed by atoms with van der Waals surface area (Å²) in [5.41, 5.74) is 0. The highest BCUT2D eigenvalue weighted by Crippen LogP contribution is 2.12. The van der Waals surface area contributed by atoms with E-state index < -0.39 is 0 Å². The summed E-state index contributed by atoms with van der Waals surface area (Å²) in [6.45, 7) is 12.9. The summed E-state index contributed by atoms with van der Waals surface area (Å²) in [5, 5.41) is 3.38. The molecule has 1 heterocycles. The van der Waals surface area contributed by atoms with E-state index in [-0.39, 0.29) is 0 Å². The molecule has 14 heavy (non-hydrogen) atoms. The highest BCUT2D eigenvalue weighted by atomic mass is 16.5. The highest BCUT2D eigenvalue weighted by molar-refractivity contribution is 4.81. The molecule has 3 nitrogen and oxygen atoms in total. The van der Waals surface area contributed by atoms with Crippen LogP contribution in [0.4, 0.5) is 0 Å². The van der Waals surface area contributed by atoms with Crippen LogP contribution in [0.5, 0.6) is 0 Å². The standard InChI is InChI=1S/C11H24N2O/c1-5-13(9(2)3)10(4)11-8-12-6-7-14-11/h9-12H,5-8H2,1-4H3. The molecule has 1 rings (SSSR count). The number of likely N-dealkylation sites (N-methyl/N-ethyl adjacent to an activating group) is 1. The van der Waals surface area contributed by atoms with Gasteiger partial charge in [0.1, 0.15) is 0 Å². The van der Waals surface area contributed by atoms with E-state index in [0.717, 1.165) is 26.2 Å². The summed E-state index contributed by atoms with van der Waals surface area (Å²) in [7, 11) is 0. The van der Waals surface area contributed by atoms with Crippen LogP contribution in [0.25, 0.3) is 0 Å². The normalized spacial score (nSPS) is 25.7. The van der Waals surface area contributed by atoms with Crippen LogP contribution in [0.2, 0.25) is 0 Å². The third-order valence-electron chi connectivity index (χ3n) is 3.05. The fourth-order valence-corrected chi connectivity index (χ4v) is 2.23. The van der Waals surface area contributed by atoms with Crippen LogP contribution in [0.1, 0.15) is 27.7 Å². The lowest BCUT2D eigenvalue weighted by Gasteiger charge is -2.38. The zero-order valence-electron chi connectivity index (χ0n) is 9.92. The Hall–Kier alpha value is -0.120. The van der Waals surface area contributed by atoms with Crippen LogP contribution in [0, 0.1) is 0 Å². The predicted molar refractivity (Wildman–Crippen MR) is 59.6 cm³/mol. The summed E-state index contributed by atoms with van der Waals surface area (Å²) in [6.07, 6.45) is 0.353. The number of rotatable bonds is 4. The zero-order valence-corrected chi connectivity index (χ0v) is 9.92. The van der Waals surface area contributed by atoms with Crippen molar-refractivity contribution in [1.82, 2.24) is 10.2 Å². The van der Waals surface area contributed by atoms with Crippen molar-refractivity contribution in [2.75, 3.05) is 26.2 Å². The van der Waals surface area contributed by atoms with Gasteiger partial charge in [0.2, 0.25) is 0 Å². The quantitative estimate of drug-likeness (QED) is 0.735. The maximum Gasteiger partial charge on any atom is 0.0852 e. The Morgan fingerprint density at radius 3 is 2.57 bits per heavy atom. The monoisotopic (exact) mass is 200 g/mol. The van der Waals surface area contributed by atoms with E-state index in [9.17, 15) is 0 Å². The van der Waals surface area contributed by atoms with E-state index in [0.29, 0.717) is 18.2 Å². The first-order chi connectivity index (χ1) is 6.66. The number of ether oxygens (including phenoxy) is 1. The van der Waals surface area contributed by atoms with Crippen molar-refractivity contribution in [1.29, 1.82) is 0 Å². The molecule has 1 saturated heterocycles. The topological polar surface area (TPSA) is 24.5 Å². The predicted octanol–water partition coefficient (Wildman–Crippen LogP) is 1.09. The molecule has 1 aliphatic rings. The molecule has 3 heteroatoms. The van der Waals surface area contributed by atoms with Crippen molar-refractivity contribution in [2.45, 2.75) is 45.9 Å². The summed E-state index contributed by atoms with van der Waals surface area (Å²) < 4.78 is 5.77. The van der Waals surface area contributed by atoms with Crippen molar-refractivity contribution in [2.24, 2.45) is 0 Å². The second-order valence-electron chi connectivity index (χ2n) is 4.28. The Labute approximate surface area is 87.8 Å². The molecule has 0 aromatic heterocycles. The van der Waals surface area contributed by atoms with Gasteiger partial charge < -0.3 is 10.1 Å². The van der Waals surface area contributed by atoms with Crippen LogP contribution in [0.15, 0.2) is 0 Å². The van der Waals surface area contributed by atoms with Gasteiger partial charge >= 0.3 is 0 Å². The van der Waals surface area contributed by atoms with Gasteiger partial charge in [0.25, 0.3) is 0 Å². The molecule has 0 radical (unpaired) electrons. The molecular weight excluding hydrogens is 176 g/mol. The van der Waals surface area contributed by atoms with Gasteiger partial charge in [-0.15, -0.1) is 0 Å². The Balaban J connectivity index is 2.47. The van der Waals surface area contributed by atoms with Gasteiger partial charge in [0, 0.05) is 25.2 Å². The maximum absolute atomic E-state index is 5.77. The Morgan fingerprint density at radius 2 is 2.14 bits per heavy atom. The number of nitrogens with zero attached hydrogens (tertiary/aromatic N) is 1. The first-order valence-electron chi connectivity index (χ1n) is 5.74. The largest absolute Gasteiger partial charge is 0.374 e. The number of morpholine rings is 1. The van der Waals surface area contributed by atoms with Crippen LogP contribution >= 0.6 is 0 Å². The number of nitrogens with one attached hydrogen (secondary N) is 1. The van der Waals surface area contributed by atoms with Crippen LogP contribution in [-0.2, 0) is 4.74 Å². The third kappa shape index (κ3) is 2.94. The molecule has 0 aliphatic carbocycles. The minimum absolute atomic E-state index is 0.353. The smallest absolute Gasteiger partial charge is 0.0852 e. The maximum atomic E-state index is 5.77. The van der Waals surface area contributed by atoms with Crippen molar-refractivity contribution in [3.63, 3.8) is 0 Å². The lowest BCUT2D eigenvalue weighted by Crippen LogP contribution is -2.52. The second kappa shape index (κ2) is 5.69. The average molecular weight is 200 g/mol. The molecule has 1 aliphatic heterocycles. The van der Waals surface area contributed by atoms with E-state index in [1.807, 2.05) is 0 Å². The van der Waals surface area contributed by atoms with Crippen LogP contribution in [0.3, 0.4) is 0 Å². The molecule has 0 saturated carbocycles. The first kappa shape index (κ1) is 12.0. The Kier molecular flexibility index (Phi) is 4.85. The number of hydrogen-bond donors (Lipinski definition) is 1. The minimum atomic E-state index is 0.353. The van der Waals surface area contributed by atoms with Crippen molar-refractivity contribution in [3.8, 4) is 0 Å². The zero-order chi connectivity index (χ0) is 10.6. The minimum Gasteiger partial charge on any atom is -0.374 e. The van der Waals surface area contributed by atoms with Gasteiger partial charge in [0.15, 0.2) is 0 Å².